The molecule has 1 atom stereocenters. The summed E-state index contributed by atoms with van der Waals surface area (Å²) >= 11 is 0. The van der Waals surface area contributed by atoms with E-state index in [2.05, 4.69) is 0 Å². The number of amides is 1. The first-order valence-electron chi connectivity index (χ1n) is 10.3. The summed E-state index contributed by atoms with van der Waals surface area (Å²) in [7, 11) is 1.57. The van der Waals surface area contributed by atoms with Crippen molar-refractivity contribution in [1.82, 2.24) is 4.90 Å². The maximum Gasteiger partial charge on any atom is 0.295 e. The molecule has 0 aliphatic carbocycles. The van der Waals surface area contributed by atoms with Crippen molar-refractivity contribution in [1.29, 1.82) is 0 Å². The predicted octanol–water partition coefficient (Wildman–Crippen LogP) is 3.61. The highest BCUT2D eigenvalue weighted by molar-refractivity contribution is 6.46. The van der Waals surface area contributed by atoms with Gasteiger partial charge in [-0.3, -0.25) is 9.59 Å². The summed E-state index contributed by atoms with van der Waals surface area (Å²) < 4.78 is 16.6. The lowest BCUT2D eigenvalue weighted by Gasteiger charge is -2.26. The molecule has 7 nitrogen and oxygen atoms in total. The number of benzene rings is 2. The summed E-state index contributed by atoms with van der Waals surface area (Å²) in [5, 5.41) is 11.1. The predicted molar refractivity (Wildman–Crippen MR) is 114 cm³/mol. The summed E-state index contributed by atoms with van der Waals surface area (Å²) in [6.45, 7) is 5.08. The quantitative estimate of drug-likeness (QED) is 0.449. The molecule has 2 aromatic rings. The Morgan fingerprint density at radius 3 is 2.55 bits per heavy atom. The number of Topliss-reactive ketones (excluding diaryl/α,β-unsaturated/α-hetero) is 1. The van der Waals surface area contributed by atoms with E-state index in [4.69, 9.17) is 14.2 Å². The fourth-order valence-corrected chi connectivity index (χ4v) is 4.11. The molecule has 162 valence electrons. The van der Waals surface area contributed by atoms with Gasteiger partial charge in [0.15, 0.2) is 11.5 Å². The number of aliphatic hydroxyl groups is 1. The Morgan fingerprint density at radius 1 is 1.13 bits per heavy atom. The van der Waals surface area contributed by atoms with E-state index in [1.54, 1.807) is 43.5 Å². The lowest BCUT2D eigenvalue weighted by molar-refractivity contribution is -0.139. The van der Waals surface area contributed by atoms with E-state index < -0.39 is 17.7 Å². The number of ether oxygens (including phenoxy) is 3. The molecule has 2 heterocycles. The largest absolute Gasteiger partial charge is 0.507 e. The third-order valence-electron chi connectivity index (χ3n) is 5.55. The van der Waals surface area contributed by atoms with Gasteiger partial charge in [-0.25, -0.2) is 0 Å². The molecule has 2 aliphatic heterocycles. The number of aliphatic hydroxyl groups excluding tert-OH is 1. The van der Waals surface area contributed by atoms with Crippen molar-refractivity contribution in [3.05, 3.63) is 58.7 Å². The van der Waals surface area contributed by atoms with E-state index >= 15 is 0 Å². The van der Waals surface area contributed by atoms with E-state index in [0.29, 0.717) is 54.6 Å². The molecule has 0 aromatic heterocycles. The number of likely N-dealkylation sites (tertiary alicyclic amines) is 1. The van der Waals surface area contributed by atoms with E-state index in [1.165, 1.54) is 4.90 Å². The van der Waals surface area contributed by atoms with Crippen molar-refractivity contribution < 1.29 is 28.9 Å². The number of nitrogens with zero attached hydrogens (tertiary/aromatic N) is 1. The number of carbonyl (C=O) groups excluding carboxylic acids is 2. The molecule has 1 amide bonds. The number of carbonyl (C=O) groups is 2. The Kier molecular flexibility index (Phi) is 5.59. The first-order valence-corrected chi connectivity index (χ1v) is 10.3. The highest BCUT2D eigenvalue weighted by Crippen LogP contribution is 2.42. The van der Waals surface area contributed by atoms with Gasteiger partial charge in [-0.05, 0) is 54.8 Å². The number of rotatable bonds is 5. The molecule has 1 fully saturated rings. The minimum atomic E-state index is -0.710. The summed E-state index contributed by atoms with van der Waals surface area (Å²) in [4.78, 5) is 27.3. The van der Waals surface area contributed by atoms with E-state index in [-0.39, 0.29) is 11.3 Å². The van der Waals surface area contributed by atoms with E-state index in [0.717, 1.165) is 5.56 Å². The van der Waals surface area contributed by atoms with Crippen LogP contribution in [-0.2, 0) is 9.59 Å². The SMILES string of the molecule is CCCN1C(=O)C(=O)/C(=C(/O)c2ccc(OC)c(C)c2)C1c1ccc2c(c1)OCCO2. The van der Waals surface area contributed by atoms with Gasteiger partial charge in [-0.2, -0.15) is 0 Å². The maximum atomic E-state index is 13.0. The Balaban J connectivity index is 1.86. The zero-order chi connectivity index (χ0) is 22.1. The van der Waals surface area contributed by atoms with Crippen molar-refractivity contribution >= 4 is 17.4 Å². The van der Waals surface area contributed by atoms with Gasteiger partial charge in [0.1, 0.15) is 24.7 Å². The van der Waals surface area contributed by atoms with Crippen LogP contribution in [0.3, 0.4) is 0 Å². The van der Waals surface area contributed by atoms with Crippen molar-refractivity contribution in [2.24, 2.45) is 0 Å². The molecule has 31 heavy (non-hydrogen) atoms. The smallest absolute Gasteiger partial charge is 0.295 e. The average molecular weight is 423 g/mol. The number of hydrogen-bond donors (Lipinski definition) is 1. The van der Waals surface area contributed by atoms with Crippen LogP contribution in [0.2, 0.25) is 0 Å². The summed E-state index contributed by atoms with van der Waals surface area (Å²) in [5.74, 6) is 0.334. The fourth-order valence-electron chi connectivity index (χ4n) is 4.11. The third kappa shape index (κ3) is 3.60. The second-order valence-electron chi connectivity index (χ2n) is 7.58. The molecule has 7 heteroatoms. The number of fused-ring (bicyclic) bond motifs is 1. The molecule has 0 bridgehead atoms. The molecule has 0 spiro atoms. The van der Waals surface area contributed by atoms with Gasteiger partial charge in [0.2, 0.25) is 0 Å². The highest BCUT2D eigenvalue weighted by atomic mass is 16.6. The minimum absolute atomic E-state index is 0.0692. The van der Waals surface area contributed by atoms with Gasteiger partial charge in [-0.1, -0.05) is 13.0 Å². The third-order valence-corrected chi connectivity index (χ3v) is 5.55. The molecule has 0 radical (unpaired) electrons. The van der Waals surface area contributed by atoms with Crippen LogP contribution in [-0.4, -0.2) is 48.6 Å². The minimum Gasteiger partial charge on any atom is -0.507 e. The zero-order valence-electron chi connectivity index (χ0n) is 17.8. The monoisotopic (exact) mass is 423 g/mol. The van der Waals surface area contributed by atoms with Gasteiger partial charge in [0.25, 0.3) is 11.7 Å². The van der Waals surface area contributed by atoms with Gasteiger partial charge < -0.3 is 24.2 Å². The standard InChI is InChI=1S/C24H25NO6/c1-4-9-25-21(15-5-8-18-19(13-15)31-11-10-30-18)20(23(27)24(25)28)22(26)16-6-7-17(29-3)14(2)12-16/h5-8,12-13,21,26H,4,9-11H2,1-3H3/b22-20+. The Hall–Kier alpha value is -3.48. The van der Waals surface area contributed by atoms with Crippen LogP contribution < -0.4 is 14.2 Å². The summed E-state index contributed by atoms with van der Waals surface area (Å²) in [5.41, 5.74) is 2.02. The zero-order valence-corrected chi connectivity index (χ0v) is 17.8. The normalized spacial score (nSPS) is 19.6. The van der Waals surface area contributed by atoms with Crippen molar-refractivity contribution in [3.8, 4) is 17.2 Å². The number of methoxy groups -OCH3 is 1. The molecular formula is C24H25NO6. The fraction of sp³-hybridized carbons (Fsp3) is 0.333. The molecule has 2 aromatic carbocycles. The summed E-state index contributed by atoms with van der Waals surface area (Å²) in [6, 6.07) is 9.79. The topological polar surface area (TPSA) is 85.3 Å². The van der Waals surface area contributed by atoms with Gasteiger partial charge in [-0.15, -0.1) is 0 Å². The second-order valence-corrected chi connectivity index (χ2v) is 7.58. The number of hydrogen-bond acceptors (Lipinski definition) is 6. The highest BCUT2D eigenvalue weighted by Gasteiger charge is 2.46. The first-order chi connectivity index (χ1) is 15.0. The van der Waals surface area contributed by atoms with Crippen LogP contribution >= 0.6 is 0 Å². The maximum absolute atomic E-state index is 13.0. The van der Waals surface area contributed by atoms with Crippen molar-refractivity contribution in [3.63, 3.8) is 0 Å². The molecule has 0 saturated carbocycles. The van der Waals surface area contributed by atoms with Crippen LogP contribution in [0.1, 0.15) is 36.1 Å². The molecular weight excluding hydrogens is 398 g/mol. The second kappa shape index (κ2) is 8.34. The van der Waals surface area contributed by atoms with E-state index in [1.807, 2.05) is 13.8 Å². The van der Waals surface area contributed by atoms with Crippen LogP contribution in [0, 0.1) is 6.92 Å². The average Bonchev–Trinajstić information content (AvgIpc) is 3.03. The first kappa shape index (κ1) is 20.8. The van der Waals surface area contributed by atoms with Crippen LogP contribution in [0.5, 0.6) is 17.2 Å². The van der Waals surface area contributed by atoms with Crippen molar-refractivity contribution in [2.75, 3.05) is 26.9 Å². The Labute approximate surface area is 180 Å². The van der Waals surface area contributed by atoms with Crippen LogP contribution in [0.25, 0.3) is 5.76 Å². The number of ketones is 1. The number of aryl methyl sites for hydroxylation is 1. The summed E-state index contributed by atoms with van der Waals surface area (Å²) in [6.07, 6.45) is 0.676. The molecule has 1 unspecified atom stereocenters. The van der Waals surface area contributed by atoms with Crippen LogP contribution in [0.15, 0.2) is 42.0 Å². The van der Waals surface area contributed by atoms with Gasteiger partial charge in [0.05, 0.1) is 18.7 Å². The molecule has 1 N–H and O–H groups in total. The lowest BCUT2D eigenvalue weighted by Crippen LogP contribution is -2.30. The van der Waals surface area contributed by atoms with Gasteiger partial charge >= 0.3 is 0 Å². The van der Waals surface area contributed by atoms with Crippen LogP contribution in [0.4, 0.5) is 0 Å². The molecule has 2 aliphatic rings. The van der Waals surface area contributed by atoms with Gasteiger partial charge in [0, 0.05) is 12.1 Å². The molecule has 4 rings (SSSR count). The Morgan fingerprint density at radius 2 is 1.87 bits per heavy atom. The lowest BCUT2D eigenvalue weighted by atomic mass is 9.94. The Bertz CT molecular complexity index is 1070. The van der Waals surface area contributed by atoms with Crippen molar-refractivity contribution in [2.45, 2.75) is 26.3 Å². The van der Waals surface area contributed by atoms with E-state index in [9.17, 15) is 14.7 Å². The molecule has 1 saturated heterocycles.